The highest BCUT2D eigenvalue weighted by molar-refractivity contribution is 14.1. The monoisotopic (exact) mass is 325 g/mol. The molecule has 0 amide bonds. The lowest BCUT2D eigenvalue weighted by Gasteiger charge is -2.13. The molecule has 0 saturated carbocycles. The molecule has 1 aromatic rings. The molecular weight excluding hydrogens is 313 g/mol. The van der Waals surface area contributed by atoms with Crippen LogP contribution in [0.5, 0.6) is 0 Å². The van der Waals surface area contributed by atoms with Crippen molar-refractivity contribution in [2.24, 2.45) is 0 Å². The van der Waals surface area contributed by atoms with Gasteiger partial charge in [-0.3, -0.25) is 0 Å². The van der Waals surface area contributed by atoms with Crippen LogP contribution in [0.15, 0.2) is 35.2 Å². The number of halogens is 1. The Hall–Kier alpha value is -0.140. The van der Waals surface area contributed by atoms with Gasteiger partial charge in [0.1, 0.15) is 0 Å². The van der Waals surface area contributed by atoms with Crippen molar-refractivity contribution in [3.05, 3.63) is 30.3 Å². The largest absolute Gasteiger partial charge is 0.251 e. The lowest BCUT2D eigenvalue weighted by Crippen LogP contribution is -2.21. The molecule has 0 aliphatic heterocycles. The smallest absolute Gasteiger partial charge is 0.206 e. The Morgan fingerprint density at radius 2 is 1.86 bits per heavy atom. The first kappa shape index (κ1) is 11.9. The van der Waals surface area contributed by atoms with Gasteiger partial charge >= 0.3 is 0 Å². The van der Waals surface area contributed by atoms with Crippen LogP contribution < -0.4 is 0 Å². The van der Waals surface area contributed by atoms with E-state index in [2.05, 4.69) is 0 Å². The molecule has 14 heavy (non-hydrogen) atoms. The molecule has 3 nitrogen and oxygen atoms in total. The molecule has 1 rings (SSSR count). The van der Waals surface area contributed by atoms with Crippen molar-refractivity contribution in [3.8, 4) is 0 Å². The van der Waals surface area contributed by atoms with E-state index in [9.17, 15) is 8.42 Å². The average Bonchev–Trinajstić information content (AvgIpc) is 2.19. The topological polar surface area (TPSA) is 37.4 Å². The minimum Gasteiger partial charge on any atom is -0.206 e. The molecular formula is C9H12INO2S. The Balaban J connectivity index is 2.97. The van der Waals surface area contributed by atoms with Crippen molar-refractivity contribution in [2.45, 2.75) is 18.2 Å². The van der Waals surface area contributed by atoms with Gasteiger partial charge in [0.2, 0.25) is 0 Å². The summed E-state index contributed by atoms with van der Waals surface area (Å²) in [4.78, 5) is 0.350. The van der Waals surface area contributed by atoms with E-state index in [0.29, 0.717) is 11.4 Å². The maximum Gasteiger partial charge on any atom is 0.251 e. The van der Waals surface area contributed by atoms with Gasteiger partial charge in [0.15, 0.2) is 0 Å². The molecule has 0 fully saturated rings. The molecule has 0 bridgehead atoms. The minimum atomic E-state index is -3.28. The first-order chi connectivity index (χ1) is 6.59. The van der Waals surface area contributed by atoms with Crippen LogP contribution in [0.1, 0.15) is 13.3 Å². The Labute approximate surface area is 98.7 Å². The van der Waals surface area contributed by atoms with Crippen molar-refractivity contribution >= 4 is 32.9 Å². The Morgan fingerprint density at radius 3 is 2.36 bits per heavy atom. The summed E-state index contributed by atoms with van der Waals surface area (Å²) in [5.74, 6) is 0. The Kier molecular flexibility index (Phi) is 4.33. The minimum absolute atomic E-state index is 0.350. The summed E-state index contributed by atoms with van der Waals surface area (Å²) in [5.41, 5.74) is 0. The van der Waals surface area contributed by atoms with E-state index in [1.807, 2.05) is 29.8 Å². The second-order valence-electron chi connectivity index (χ2n) is 2.83. The fourth-order valence-corrected chi connectivity index (χ4v) is 3.32. The van der Waals surface area contributed by atoms with Crippen LogP contribution in [-0.2, 0) is 10.0 Å². The van der Waals surface area contributed by atoms with Crippen LogP contribution >= 0.6 is 22.9 Å². The summed E-state index contributed by atoms with van der Waals surface area (Å²) in [6.45, 7) is 2.49. The number of benzene rings is 1. The normalized spacial score (nSPS) is 11.9. The molecule has 0 saturated heterocycles. The van der Waals surface area contributed by atoms with Crippen LogP contribution in [-0.4, -0.2) is 17.5 Å². The van der Waals surface area contributed by atoms with Crippen molar-refractivity contribution in [1.29, 1.82) is 0 Å². The molecule has 0 heterocycles. The van der Waals surface area contributed by atoms with E-state index in [1.165, 1.54) is 2.52 Å². The first-order valence-corrected chi connectivity index (χ1v) is 6.73. The summed E-state index contributed by atoms with van der Waals surface area (Å²) >= 11 is 1.83. The van der Waals surface area contributed by atoms with Crippen LogP contribution in [0.25, 0.3) is 0 Å². The van der Waals surface area contributed by atoms with Gasteiger partial charge in [-0.25, -0.2) is 8.42 Å². The van der Waals surface area contributed by atoms with Crippen molar-refractivity contribution in [2.75, 3.05) is 6.54 Å². The maximum absolute atomic E-state index is 11.8. The fraction of sp³-hybridized carbons (Fsp3) is 0.333. The molecule has 0 unspecified atom stereocenters. The molecule has 0 atom stereocenters. The molecule has 0 aromatic heterocycles. The number of rotatable bonds is 4. The first-order valence-electron chi connectivity index (χ1n) is 4.32. The number of sulfonamides is 1. The summed E-state index contributed by atoms with van der Waals surface area (Å²) in [7, 11) is -3.28. The van der Waals surface area contributed by atoms with Crippen LogP contribution in [0.2, 0.25) is 0 Å². The summed E-state index contributed by atoms with van der Waals surface area (Å²) in [6, 6.07) is 8.47. The SMILES string of the molecule is CCCN(I)S(=O)(=O)c1ccccc1. The third-order valence-corrected chi connectivity index (χ3v) is 5.31. The molecule has 0 spiro atoms. The van der Waals surface area contributed by atoms with Crippen LogP contribution in [0.3, 0.4) is 0 Å². The Bertz CT molecular complexity index is 377. The zero-order chi connectivity index (χ0) is 10.6. The second-order valence-corrected chi connectivity index (χ2v) is 6.51. The fourth-order valence-electron chi connectivity index (χ4n) is 1.00. The Morgan fingerprint density at radius 1 is 1.29 bits per heavy atom. The molecule has 0 aliphatic rings. The molecule has 0 radical (unpaired) electrons. The zero-order valence-electron chi connectivity index (χ0n) is 7.85. The van der Waals surface area contributed by atoms with Gasteiger partial charge in [0, 0.05) is 29.4 Å². The standard InChI is InChI=1S/C9H12INO2S/c1-2-8-11(10)14(12,13)9-6-4-3-5-7-9/h3-7H,2,8H2,1H3. The highest BCUT2D eigenvalue weighted by Crippen LogP contribution is 2.18. The predicted molar refractivity (Wildman–Crippen MR) is 64.6 cm³/mol. The highest BCUT2D eigenvalue weighted by Gasteiger charge is 2.20. The van der Waals surface area contributed by atoms with Gasteiger partial charge in [-0.05, 0) is 18.6 Å². The van der Waals surface area contributed by atoms with Crippen LogP contribution in [0, 0.1) is 0 Å². The summed E-state index contributed by atoms with van der Waals surface area (Å²) < 4.78 is 25.0. The van der Waals surface area contributed by atoms with E-state index in [-0.39, 0.29) is 0 Å². The molecule has 5 heteroatoms. The van der Waals surface area contributed by atoms with Gasteiger partial charge in [0.25, 0.3) is 10.0 Å². The molecule has 0 aliphatic carbocycles. The highest BCUT2D eigenvalue weighted by atomic mass is 127. The van der Waals surface area contributed by atoms with E-state index in [0.717, 1.165) is 6.42 Å². The van der Waals surface area contributed by atoms with Crippen molar-refractivity contribution in [3.63, 3.8) is 0 Å². The zero-order valence-corrected chi connectivity index (χ0v) is 10.8. The average molecular weight is 325 g/mol. The van der Waals surface area contributed by atoms with Gasteiger partial charge in [0.05, 0.1) is 4.90 Å². The van der Waals surface area contributed by atoms with Gasteiger partial charge in [-0.2, -0.15) is 0 Å². The van der Waals surface area contributed by atoms with Gasteiger partial charge < -0.3 is 0 Å². The summed E-state index contributed by atoms with van der Waals surface area (Å²) in [5, 5.41) is 0. The maximum atomic E-state index is 11.8. The van der Waals surface area contributed by atoms with Crippen LogP contribution in [0.4, 0.5) is 0 Å². The third kappa shape index (κ3) is 2.68. The van der Waals surface area contributed by atoms with Crippen molar-refractivity contribution < 1.29 is 8.42 Å². The van der Waals surface area contributed by atoms with E-state index < -0.39 is 10.0 Å². The summed E-state index contributed by atoms with van der Waals surface area (Å²) in [6.07, 6.45) is 0.814. The number of nitrogens with zero attached hydrogens (tertiary/aromatic N) is 1. The lowest BCUT2D eigenvalue weighted by molar-refractivity contribution is 0.551. The second kappa shape index (κ2) is 5.09. The molecule has 78 valence electrons. The molecule has 1 aromatic carbocycles. The van der Waals surface area contributed by atoms with Gasteiger partial charge in [-0.15, -0.1) is 2.52 Å². The van der Waals surface area contributed by atoms with E-state index >= 15 is 0 Å². The van der Waals surface area contributed by atoms with Crippen molar-refractivity contribution in [1.82, 2.24) is 2.52 Å². The number of hydrogen-bond donors (Lipinski definition) is 0. The lowest BCUT2D eigenvalue weighted by atomic mass is 10.4. The quantitative estimate of drug-likeness (QED) is 0.630. The third-order valence-electron chi connectivity index (χ3n) is 1.70. The number of hydrogen-bond acceptors (Lipinski definition) is 2. The molecule has 0 N–H and O–H groups in total. The van der Waals surface area contributed by atoms with E-state index in [1.54, 1.807) is 30.3 Å². The van der Waals surface area contributed by atoms with E-state index in [4.69, 9.17) is 0 Å². The van der Waals surface area contributed by atoms with Gasteiger partial charge in [-0.1, -0.05) is 25.1 Å². The predicted octanol–water partition coefficient (Wildman–Crippen LogP) is 2.44.